The van der Waals surface area contributed by atoms with Gasteiger partial charge in [0.15, 0.2) is 14.1 Å². The predicted molar refractivity (Wildman–Crippen MR) is 251 cm³/mol. The number of hydrogen-bond donors (Lipinski definition) is 0. The summed E-state index contributed by atoms with van der Waals surface area (Å²) in [5.74, 6) is -2.22. The van der Waals surface area contributed by atoms with Gasteiger partial charge in [-0.05, 0) is 80.1 Å². The number of rotatable bonds is 9. The maximum atomic E-state index is 14.4. The number of hydrogen-bond acceptors (Lipinski definition) is 13. The summed E-state index contributed by atoms with van der Waals surface area (Å²) in [5.41, 5.74) is 2.19. The zero-order chi connectivity index (χ0) is 45.4. The van der Waals surface area contributed by atoms with Crippen LogP contribution in [0.2, 0.25) is 18.1 Å². The second kappa shape index (κ2) is 19.1. The van der Waals surface area contributed by atoms with Crippen molar-refractivity contribution in [2.24, 2.45) is 11.8 Å². The summed E-state index contributed by atoms with van der Waals surface area (Å²) in [4.78, 5) is 14.4. The van der Waals surface area contributed by atoms with E-state index in [1.807, 2.05) is 0 Å². The highest BCUT2D eigenvalue weighted by Crippen LogP contribution is 2.59. The molecule has 0 saturated carbocycles. The van der Waals surface area contributed by atoms with E-state index in [0.717, 1.165) is 72.2 Å². The maximum Gasteiger partial charge on any atom is 0.308 e. The van der Waals surface area contributed by atoms with Crippen molar-refractivity contribution in [3.8, 4) is 0 Å². The maximum absolute atomic E-state index is 14.4. The van der Waals surface area contributed by atoms with Crippen LogP contribution in [0.3, 0.4) is 0 Å². The van der Waals surface area contributed by atoms with Gasteiger partial charge in [-0.3, -0.25) is 4.79 Å². The fourth-order valence-corrected chi connectivity index (χ4v) is 17.2. The molecule has 65 heavy (non-hydrogen) atoms. The summed E-state index contributed by atoms with van der Waals surface area (Å²) in [7, 11) is -1.93. The van der Waals surface area contributed by atoms with Crippen molar-refractivity contribution in [3.05, 3.63) is 37.0 Å². The van der Waals surface area contributed by atoms with Crippen LogP contribution in [-0.4, -0.2) is 141 Å². The smallest absolute Gasteiger partial charge is 0.308 e. The first-order valence-corrected chi connectivity index (χ1v) is 29.4. The molecule has 13 nitrogen and oxygen atoms in total. The number of carbonyl (C=O) groups is 1. The summed E-state index contributed by atoms with van der Waals surface area (Å²) < 4.78 is 83.8. The number of carbonyl (C=O) groups excluding carboxylic acids is 1. The van der Waals surface area contributed by atoms with Crippen LogP contribution in [0.4, 0.5) is 0 Å². The molecular weight excluding hydrogens is 964 g/mol. The molecule has 0 aliphatic carbocycles. The van der Waals surface area contributed by atoms with Gasteiger partial charge in [0, 0.05) is 29.6 Å². The van der Waals surface area contributed by atoms with E-state index in [0.29, 0.717) is 38.7 Å². The summed E-state index contributed by atoms with van der Waals surface area (Å²) in [5, 5.41) is 0. The quantitative estimate of drug-likeness (QED) is 0.0725. The highest BCUT2D eigenvalue weighted by molar-refractivity contribution is 14.1. The molecule has 11 fully saturated rings. The van der Waals surface area contributed by atoms with Gasteiger partial charge < -0.3 is 56.5 Å². The fourth-order valence-electron chi connectivity index (χ4n) is 13.5. The molecule has 21 atom stereocenters. The molecule has 0 aromatic heterocycles. The summed E-state index contributed by atoms with van der Waals surface area (Å²) >= 11 is 2.44. The van der Waals surface area contributed by atoms with Crippen molar-refractivity contribution >= 4 is 36.9 Å². The second-order valence-electron chi connectivity index (χ2n) is 21.2. The molecule has 0 aromatic rings. The lowest BCUT2D eigenvalue weighted by molar-refractivity contribution is -0.305. The van der Waals surface area contributed by atoms with Gasteiger partial charge in [-0.25, -0.2) is 0 Å². The lowest BCUT2D eigenvalue weighted by atomic mass is 9.79. The zero-order valence-corrected chi connectivity index (χ0v) is 42.5. The second-order valence-corrected chi connectivity index (χ2v) is 26.8. The molecule has 15 heteroatoms. The fraction of sp³-hybridized carbons (Fsp3) is 0.860. The topological polar surface area (TPSA) is 128 Å². The van der Waals surface area contributed by atoms with Crippen molar-refractivity contribution in [2.45, 2.75) is 245 Å². The Morgan fingerprint density at radius 1 is 0.738 bits per heavy atom. The van der Waals surface area contributed by atoms with Gasteiger partial charge in [-0.15, -0.1) is 6.58 Å². The molecule has 11 heterocycles. The Morgan fingerprint density at radius 3 is 2.25 bits per heavy atom. The van der Waals surface area contributed by atoms with E-state index < -0.39 is 62.6 Å². The SMILES string of the molecule is C=CCOC12C[C@]34CC[C@H]5CC(=C)C(CCC6C[C@@H](C)C(=C)C(C[C@@H]7O[C@H]8C[C@@H](O[Si](CC)(CC)CC)[C@@H](CI)O[C@H]8[C@H](C)[C@H]7OC(=O)CC7CC[C@@H]8OC([C@@H](O1)[C@@H](O3)[C@H]8O7)[C@@H]2O4)O6)O5. The van der Waals surface area contributed by atoms with Gasteiger partial charge >= 0.3 is 5.97 Å². The summed E-state index contributed by atoms with van der Waals surface area (Å²) in [6.07, 6.45) is 4.70. The Balaban J connectivity index is 0.937. The van der Waals surface area contributed by atoms with Crippen LogP contribution in [0.1, 0.15) is 112 Å². The molecule has 1 spiro atoms. The molecular formula is C50H75IO13Si. The molecule has 0 radical (unpaired) electrons. The molecule has 0 N–H and O–H groups in total. The van der Waals surface area contributed by atoms with Crippen molar-refractivity contribution < 1.29 is 61.3 Å². The van der Waals surface area contributed by atoms with Gasteiger partial charge in [0.1, 0.15) is 36.6 Å². The van der Waals surface area contributed by atoms with Crippen LogP contribution < -0.4 is 0 Å². The highest BCUT2D eigenvalue weighted by atomic mass is 127. The standard InChI is InChI=1S/C50H75IO13Si/c1-9-19-53-50-26-49-18-17-33-21-28(6)34(54-33)15-13-31-20-27(5)29(7)36(55-31)23-38-43(30(8)42-39(57-38)24-37(40(25-51)59-42)64-65(10-2,11-3)12-4)60-41(52)22-32-14-16-35-44(56-32)45(61-49)46(62-50)47(58-35)48(50)63-49/h9,27,30-40,42-48H,1,6-7,10-26H2,2-5,8H3/t27-,30+,31?,32?,33+,34?,35+,36?,37-,38+,39+,40-,42+,43-,44+,45+,46+,47?,48+,49-,50?/m1/s1. The van der Waals surface area contributed by atoms with Crippen molar-refractivity contribution in [3.63, 3.8) is 0 Å². The molecule has 11 rings (SSSR count). The third-order valence-corrected chi connectivity index (χ3v) is 22.9. The molecule has 364 valence electrons. The van der Waals surface area contributed by atoms with Crippen molar-refractivity contribution in [2.75, 3.05) is 11.0 Å². The minimum absolute atomic E-state index is 0.0149. The number of alkyl halides is 1. The van der Waals surface area contributed by atoms with E-state index in [4.69, 9.17) is 56.5 Å². The molecule has 11 aliphatic heterocycles. The van der Waals surface area contributed by atoms with Crippen LogP contribution >= 0.6 is 22.6 Å². The van der Waals surface area contributed by atoms with E-state index in [2.05, 4.69) is 76.9 Å². The largest absolute Gasteiger partial charge is 0.459 e. The third-order valence-electron chi connectivity index (χ3n) is 17.4. The zero-order valence-electron chi connectivity index (χ0n) is 39.4. The molecule has 11 aliphatic rings. The lowest BCUT2D eigenvalue weighted by Gasteiger charge is -2.52. The van der Waals surface area contributed by atoms with E-state index in [1.165, 1.54) is 0 Å². The van der Waals surface area contributed by atoms with Gasteiger partial charge in [0.25, 0.3) is 0 Å². The Morgan fingerprint density at radius 2 is 1.48 bits per heavy atom. The third kappa shape index (κ3) is 8.89. The van der Waals surface area contributed by atoms with Gasteiger partial charge in [0.2, 0.25) is 5.79 Å². The first kappa shape index (κ1) is 47.9. The van der Waals surface area contributed by atoms with Gasteiger partial charge in [0.05, 0.1) is 86.6 Å². The Hall–Kier alpha value is -0.803. The van der Waals surface area contributed by atoms with E-state index in [9.17, 15) is 4.79 Å². The number of esters is 1. The lowest BCUT2D eigenvalue weighted by Crippen LogP contribution is -2.63. The monoisotopic (exact) mass is 1040 g/mol. The number of halogens is 1. The first-order valence-electron chi connectivity index (χ1n) is 25.3. The molecule has 6 unspecified atom stereocenters. The van der Waals surface area contributed by atoms with Crippen molar-refractivity contribution in [1.29, 1.82) is 0 Å². The Labute approximate surface area is 401 Å². The summed E-state index contributed by atoms with van der Waals surface area (Å²) in [6.45, 7) is 24.6. The van der Waals surface area contributed by atoms with E-state index in [-0.39, 0.29) is 85.3 Å². The Bertz CT molecular complexity index is 1770. The van der Waals surface area contributed by atoms with Crippen LogP contribution in [0.25, 0.3) is 0 Å². The molecule has 0 amide bonds. The first-order chi connectivity index (χ1) is 31.3. The number of fused-ring (bicyclic) bond motifs is 7. The Kier molecular flexibility index (Phi) is 14.0. The van der Waals surface area contributed by atoms with E-state index >= 15 is 0 Å². The van der Waals surface area contributed by atoms with Crippen LogP contribution in [0.15, 0.2) is 37.0 Å². The molecule has 12 bridgehead atoms. The van der Waals surface area contributed by atoms with Crippen LogP contribution in [-0.2, 0) is 61.3 Å². The normalized spacial score (nSPS) is 49.7. The highest BCUT2D eigenvalue weighted by Gasteiger charge is 2.75. The minimum atomic E-state index is -1.93. The van der Waals surface area contributed by atoms with Gasteiger partial charge in [-0.1, -0.05) is 76.4 Å². The minimum Gasteiger partial charge on any atom is -0.459 e. The molecule has 11 saturated heterocycles. The number of ether oxygens (including phenoxy) is 11. The molecule has 0 aromatic carbocycles. The van der Waals surface area contributed by atoms with Gasteiger partial charge in [-0.2, -0.15) is 0 Å². The summed E-state index contributed by atoms with van der Waals surface area (Å²) in [6, 6.07) is 3.21. The van der Waals surface area contributed by atoms with Crippen LogP contribution in [0.5, 0.6) is 0 Å². The average Bonchev–Trinajstić information content (AvgIpc) is 3.85. The van der Waals surface area contributed by atoms with Crippen LogP contribution in [0, 0.1) is 11.8 Å². The van der Waals surface area contributed by atoms with E-state index in [1.54, 1.807) is 6.08 Å². The van der Waals surface area contributed by atoms with Crippen molar-refractivity contribution in [1.82, 2.24) is 0 Å². The average molecular weight is 1040 g/mol. The predicted octanol–water partition coefficient (Wildman–Crippen LogP) is 8.20.